The smallest absolute Gasteiger partial charge is 0.311 e. The molecular weight excluding hydrogens is 262 g/mol. The van der Waals surface area contributed by atoms with Gasteiger partial charge in [-0.1, -0.05) is 0 Å². The van der Waals surface area contributed by atoms with E-state index in [1.54, 1.807) is 16.9 Å². The summed E-state index contributed by atoms with van der Waals surface area (Å²) in [4.78, 5) is 21.8. The summed E-state index contributed by atoms with van der Waals surface area (Å²) in [6.45, 7) is 2.35. The Kier molecular flexibility index (Phi) is 5.30. The molecule has 7 heteroatoms. The van der Waals surface area contributed by atoms with E-state index in [-0.39, 0.29) is 25.4 Å². The Labute approximate surface area is 108 Å². The Morgan fingerprint density at radius 1 is 1.59 bits per heavy atom. The van der Waals surface area contributed by atoms with Crippen LogP contribution in [0.25, 0.3) is 0 Å². The van der Waals surface area contributed by atoms with Crippen LogP contribution in [0, 0.1) is 3.95 Å². The lowest BCUT2D eigenvalue weighted by molar-refractivity contribution is -0.142. The summed E-state index contributed by atoms with van der Waals surface area (Å²) in [5.41, 5.74) is 0.708. The van der Waals surface area contributed by atoms with E-state index in [0.717, 1.165) is 0 Å². The fourth-order valence-electron chi connectivity index (χ4n) is 1.30. The zero-order chi connectivity index (χ0) is 12.8. The summed E-state index contributed by atoms with van der Waals surface area (Å²) >= 11 is 6.40. The maximum absolute atomic E-state index is 11.3. The number of aliphatic carboxylic acids is 1. The summed E-state index contributed by atoms with van der Waals surface area (Å²) in [5.74, 6) is -1.22. The van der Waals surface area contributed by atoms with E-state index in [0.29, 0.717) is 16.3 Å². The largest absolute Gasteiger partial charge is 0.481 e. The molecular formula is C10H13NO4S2. The molecule has 0 aromatic carbocycles. The van der Waals surface area contributed by atoms with Crippen molar-refractivity contribution in [3.63, 3.8) is 0 Å². The zero-order valence-corrected chi connectivity index (χ0v) is 11.0. The van der Waals surface area contributed by atoms with Crippen LogP contribution in [-0.4, -0.2) is 28.2 Å². The third kappa shape index (κ3) is 4.27. The quantitative estimate of drug-likeness (QED) is 0.634. The van der Waals surface area contributed by atoms with Gasteiger partial charge >= 0.3 is 11.9 Å². The SMILES string of the molecule is CCOC(=O)Cc1csc(=S)n1CCC(=O)O. The minimum absolute atomic E-state index is 0.0130. The van der Waals surface area contributed by atoms with Crippen LogP contribution >= 0.6 is 23.6 Å². The van der Waals surface area contributed by atoms with E-state index in [9.17, 15) is 9.59 Å². The van der Waals surface area contributed by atoms with Gasteiger partial charge in [0.25, 0.3) is 0 Å². The molecule has 17 heavy (non-hydrogen) atoms. The van der Waals surface area contributed by atoms with Gasteiger partial charge in [-0.15, -0.1) is 11.3 Å². The highest BCUT2D eigenvalue weighted by atomic mass is 32.1. The highest BCUT2D eigenvalue weighted by Crippen LogP contribution is 2.13. The molecule has 0 aliphatic rings. The summed E-state index contributed by atoms with van der Waals surface area (Å²) in [6.07, 6.45) is 0.113. The van der Waals surface area contributed by atoms with Crippen LogP contribution in [0.5, 0.6) is 0 Å². The molecule has 5 nitrogen and oxygen atoms in total. The third-order valence-corrected chi connectivity index (χ3v) is 3.36. The van der Waals surface area contributed by atoms with E-state index in [1.165, 1.54) is 11.3 Å². The normalized spacial score (nSPS) is 10.2. The zero-order valence-electron chi connectivity index (χ0n) is 9.34. The van der Waals surface area contributed by atoms with Crippen LogP contribution in [0.4, 0.5) is 0 Å². The topological polar surface area (TPSA) is 68.5 Å². The van der Waals surface area contributed by atoms with Crippen molar-refractivity contribution in [1.82, 2.24) is 4.57 Å². The average Bonchev–Trinajstić information content (AvgIpc) is 2.57. The number of carboxylic acid groups (broad SMARTS) is 1. The third-order valence-electron chi connectivity index (χ3n) is 2.04. The lowest BCUT2D eigenvalue weighted by Crippen LogP contribution is -2.13. The van der Waals surface area contributed by atoms with Crippen LogP contribution in [0.3, 0.4) is 0 Å². The van der Waals surface area contributed by atoms with Gasteiger partial charge in [0.15, 0.2) is 3.95 Å². The predicted molar refractivity (Wildman–Crippen MR) is 65.7 cm³/mol. The fraction of sp³-hybridized carbons (Fsp3) is 0.500. The van der Waals surface area contributed by atoms with Crippen molar-refractivity contribution in [1.29, 1.82) is 0 Å². The molecule has 1 aromatic heterocycles. The Bertz CT molecular complexity index is 463. The van der Waals surface area contributed by atoms with Crippen molar-refractivity contribution in [2.24, 2.45) is 0 Å². The number of rotatable bonds is 6. The summed E-state index contributed by atoms with van der Waals surface area (Å²) in [6, 6.07) is 0. The first-order valence-corrected chi connectivity index (χ1v) is 6.38. The molecule has 1 aromatic rings. The van der Waals surface area contributed by atoms with Crippen molar-refractivity contribution in [2.75, 3.05) is 6.61 Å². The maximum Gasteiger partial charge on any atom is 0.311 e. The van der Waals surface area contributed by atoms with Crippen LogP contribution in [-0.2, 0) is 27.3 Å². The second-order valence-corrected chi connectivity index (χ2v) is 4.77. The molecule has 0 radical (unpaired) electrons. The second kappa shape index (κ2) is 6.51. The Hall–Kier alpha value is -1.21. The first-order chi connectivity index (χ1) is 8.04. The standard InChI is InChI=1S/C10H13NO4S2/c1-2-15-9(14)5-7-6-17-10(16)11(7)4-3-8(12)13/h6H,2-5H2,1H3,(H,12,13). The van der Waals surface area contributed by atoms with E-state index in [1.807, 2.05) is 0 Å². The van der Waals surface area contributed by atoms with Gasteiger partial charge < -0.3 is 14.4 Å². The van der Waals surface area contributed by atoms with Crippen molar-refractivity contribution >= 4 is 35.5 Å². The predicted octanol–water partition coefficient (Wildman–Crippen LogP) is 1.86. The molecule has 0 spiro atoms. The fourth-order valence-corrected chi connectivity index (χ4v) is 2.44. The summed E-state index contributed by atoms with van der Waals surface area (Å²) < 4.78 is 7.08. The Morgan fingerprint density at radius 3 is 2.88 bits per heavy atom. The van der Waals surface area contributed by atoms with Gasteiger partial charge in [-0.2, -0.15) is 0 Å². The molecule has 1 rings (SSSR count). The molecule has 1 heterocycles. The van der Waals surface area contributed by atoms with Gasteiger partial charge in [0.05, 0.1) is 19.4 Å². The number of hydrogen-bond donors (Lipinski definition) is 1. The van der Waals surface area contributed by atoms with E-state index in [4.69, 9.17) is 22.1 Å². The highest BCUT2D eigenvalue weighted by Gasteiger charge is 2.11. The summed E-state index contributed by atoms with van der Waals surface area (Å²) in [7, 11) is 0. The number of nitrogens with zero attached hydrogens (tertiary/aromatic N) is 1. The van der Waals surface area contributed by atoms with Crippen molar-refractivity contribution < 1.29 is 19.4 Å². The van der Waals surface area contributed by atoms with E-state index >= 15 is 0 Å². The molecule has 94 valence electrons. The number of carbonyl (C=O) groups is 2. The van der Waals surface area contributed by atoms with Gasteiger partial charge in [-0.25, -0.2) is 0 Å². The van der Waals surface area contributed by atoms with Gasteiger partial charge in [-0.05, 0) is 19.1 Å². The molecule has 0 atom stereocenters. The van der Waals surface area contributed by atoms with Crippen molar-refractivity contribution in [3.05, 3.63) is 15.0 Å². The molecule has 0 bridgehead atoms. The molecule has 0 saturated heterocycles. The molecule has 0 unspecified atom stereocenters. The van der Waals surface area contributed by atoms with Crippen LogP contribution in [0.1, 0.15) is 19.0 Å². The second-order valence-electron chi connectivity index (χ2n) is 3.27. The van der Waals surface area contributed by atoms with Crippen LogP contribution in [0.2, 0.25) is 0 Å². The van der Waals surface area contributed by atoms with Gasteiger partial charge in [-0.3, -0.25) is 9.59 Å². The number of hydrogen-bond acceptors (Lipinski definition) is 5. The number of aromatic nitrogens is 1. The van der Waals surface area contributed by atoms with Gasteiger partial charge in [0.1, 0.15) is 0 Å². The van der Waals surface area contributed by atoms with Crippen molar-refractivity contribution in [3.8, 4) is 0 Å². The molecule has 1 N–H and O–H groups in total. The van der Waals surface area contributed by atoms with Crippen molar-refractivity contribution in [2.45, 2.75) is 26.3 Å². The monoisotopic (exact) mass is 275 g/mol. The highest BCUT2D eigenvalue weighted by molar-refractivity contribution is 7.73. The van der Waals surface area contributed by atoms with E-state index < -0.39 is 5.97 Å². The lowest BCUT2D eigenvalue weighted by Gasteiger charge is -2.06. The number of esters is 1. The first kappa shape index (κ1) is 13.9. The van der Waals surface area contributed by atoms with Crippen LogP contribution in [0.15, 0.2) is 5.38 Å². The van der Waals surface area contributed by atoms with Gasteiger partial charge in [0, 0.05) is 17.6 Å². The van der Waals surface area contributed by atoms with Gasteiger partial charge in [0.2, 0.25) is 0 Å². The molecule has 0 aliphatic heterocycles. The maximum atomic E-state index is 11.3. The molecule has 0 aliphatic carbocycles. The molecule has 0 fully saturated rings. The Morgan fingerprint density at radius 2 is 2.29 bits per heavy atom. The Balaban J connectivity index is 2.75. The van der Waals surface area contributed by atoms with Crippen LogP contribution < -0.4 is 0 Å². The van der Waals surface area contributed by atoms with E-state index in [2.05, 4.69) is 0 Å². The number of ether oxygens (including phenoxy) is 1. The minimum atomic E-state index is -0.889. The summed E-state index contributed by atoms with van der Waals surface area (Å²) in [5, 5.41) is 10.4. The molecule has 0 amide bonds. The first-order valence-electron chi connectivity index (χ1n) is 5.09. The number of thiazole rings is 1. The minimum Gasteiger partial charge on any atom is -0.481 e. The number of carbonyl (C=O) groups excluding carboxylic acids is 1. The molecule has 0 saturated carbocycles. The number of carboxylic acids is 1. The lowest BCUT2D eigenvalue weighted by atomic mass is 10.3. The average molecular weight is 275 g/mol.